The summed E-state index contributed by atoms with van der Waals surface area (Å²) in [6, 6.07) is 20.1. The SMILES string of the molecule is CCCCCOc1ccccc1C1C(C#N)=C(N)Oc2cc(OC(=O)c3sc4cc(Cl)ccc4c3Cl)ccc21. The van der Waals surface area contributed by atoms with E-state index in [4.69, 9.17) is 43.1 Å². The number of esters is 1. The van der Waals surface area contributed by atoms with E-state index in [2.05, 4.69) is 13.0 Å². The third-order valence-corrected chi connectivity index (χ3v) is 8.29. The molecule has 9 heteroatoms. The van der Waals surface area contributed by atoms with Crippen molar-refractivity contribution in [2.75, 3.05) is 6.61 Å². The average molecular weight is 580 g/mol. The topological polar surface area (TPSA) is 94.6 Å². The molecule has 6 nitrogen and oxygen atoms in total. The van der Waals surface area contributed by atoms with E-state index in [0.29, 0.717) is 33.7 Å². The molecule has 1 aromatic heterocycles. The van der Waals surface area contributed by atoms with Crippen LogP contribution in [0.15, 0.2) is 72.1 Å². The zero-order chi connectivity index (χ0) is 27.5. The standard InChI is InChI=1S/C30H24Cl2N2O4S/c1-2-3-6-13-36-23-8-5-4-7-19(23)26-20-12-10-18(15-24(20)38-29(34)22(26)16-33)37-30(35)28-27(32)21-11-9-17(31)14-25(21)39-28/h4-5,7-12,14-15,26H,2-3,6,13,34H2,1H3. The van der Waals surface area contributed by atoms with E-state index in [1.165, 1.54) is 11.3 Å². The number of fused-ring (bicyclic) bond motifs is 2. The predicted octanol–water partition coefficient (Wildman–Crippen LogP) is 8.21. The van der Waals surface area contributed by atoms with E-state index in [1.54, 1.807) is 36.4 Å². The van der Waals surface area contributed by atoms with Gasteiger partial charge in [0, 0.05) is 32.3 Å². The van der Waals surface area contributed by atoms with Crippen molar-refractivity contribution in [2.45, 2.75) is 32.1 Å². The molecule has 0 aliphatic carbocycles. The lowest BCUT2D eigenvalue weighted by Gasteiger charge is -2.28. The molecule has 0 spiro atoms. The third-order valence-electron chi connectivity index (χ3n) is 6.41. The number of nitriles is 1. The molecule has 0 amide bonds. The van der Waals surface area contributed by atoms with Crippen LogP contribution < -0.4 is 19.9 Å². The van der Waals surface area contributed by atoms with E-state index in [-0.39, 0.29) is 22.1 Å². The van der Waals surface area contributed by atoms with Crippen LogP contribution in [0.2, 0.25) is 10.0 Å². The van der Waals surface area contributed by atoms with E-state index in [0.717, 1.165) is 34.9 Å². The number of hydrogen-bond acceptors (Lipinski definition) is 7. The van der Waals surface area contributed by atoms with Gasteiger partial charge in [0.15, 0.2) is 0 Å². The monoisotopic (exact) mass is 578 g/mol. The van der Waals surface area contributed by atoms with Crippen molar-refractivity contribution in [3.05, 3.63) is 98.2 Å². The second-order valence-corrected chi connectivity index (χ2v) is 10.9. The molecule has 0 radical (unpaired) electrons. The van der Waals surface area contributed by atoms with Gasteiger partial charge in [-0.25, -0.2) is 4.79 Å². The van der Waals surface area contributed by atoms with Gasteiger partial charge in [0.1, 0.15) is 33.8 Å². The highest BCUT2D eigenvalue weighted by atomic mass is 35.5. The second-order valence-electron chi connectivity index (χ2n) is 8.99. The van der Waals surface area contributed by atoms with Crippen molar-refractivity contribution < 1.29 is 19.0 Å². The Balaban J connectivity index is 1.46. The summed E-state index contributed by atoms with van der Waals surface area (Å²) < 4.78 is 18.4. The van der Waals surface area contributed by atoms with Crippen molar-refractivity contribution in [2.24, 2.45) is 5.73 Å². The van der Waals surface area contributed by atoms with Crippen LogP contribution in [0, 0.1) is 11.3 Å². The van der Waals surface area contributed by atoms with Gasteiger partial charge < -0.3 is 19.9 Å². The molecule has 198 valence electrons. The zero-order valence-corrected chi connectivity index (χ0v) is 23.3. The van der Waals surface area contributed by atoms with Gasteiger partial charge in [-0.3, -0.25) is 0 Å². The number of halogens is 2. The van der Waals surface area contributed by atoms with E-state index in [9.17, 15) is 10.1 Å². The molecule has 1 aliphatic rings. The van der Waals surface area contributed by atoms with Crippen LogP contribution in [-0.2, 0) is 0 Å². The number of rotatable bonds is 8. The fourth-order valence-corrected chi connectivity index (χ4v) is 6.19. The summed E-state index contributed by atoms with van der Waals surface area (Å²) in [5.41, 5.74) is 8.00. The van der Waals surface area contributed by atoms with E-state index < -0.39 is 11.9 Å². The minimum absolute atomic E-state index is 0.0105. The molecule has 0 fully saturated rings. The maximum atomic E-state index is 13.0. The molecule has 2 N–H and O–H groups in total. The fourth-order valence-electron chi connectivity index (χ4n) is 4.53. The Morgan fingerprint density at radius 1 is 1.10 bits per heavy atom. The van der Waals surface area contributed by atoms with Gasteiger partial charge in [0.05, 0.1) is 17.5 Å². The lowest BCUT2D eigenvalue weighted by atomic mass is 9.83. The Hall–Kier alpha value is -3.70. The van der Waals surface area contributed by atoms with Crippen molar-refractivity contribution in [1.82, 2.24) is 0 Å². The molecular formula is C30H24Cl2N2O4S. The Morgan fingerprint density at radius 2 is 1.92 bits per heavy atom. The summed E-state index contributed by atoms with van der Waals surface area (Å²) in [4.78, 5) is 13.3. The van der Waals surface area contributed by atoms with Crippen molar-refractivity contribution in [3.63, 3.8) is 0 Å². The first-order chi connectivity index (χ1) is 18.9. The minimum Gasteiger partial charge on any atom is -0.493 e. The van der Waals surface area contributed by atoms with Crippen LogP contribution in [0.25, 0.3) is 10.1 Å². The number of allylic oxidation sites excluding steroid dienone is 1. The Labute approximate surface area is 240 Å². The lowest BCUT2D eigenvalue weighted by molar-refractivity contribution is 0.0740. The smallest absolute Gasteiger partial charge is 0.355 e. The number of benzene rings is 3. The second kappa shape index (κ2) is 11.6. The minimum atomic E-state index is -0.600. The predicted molar refractivity (Wildman–Crippen MR) is 154 cm³/mol. The van der Waals surface area contributed by atoms with Crippen molar-refractivity contribution in [1.29, 1.82) is 5.26 Å². The number of nitrogens with two attached hydrogens (primary N) is 1. The highest BCUT2D eigenvalue weighted by Crippen LogP contribution is 2.46. The summed E-state index contributed by atoms with van der Waals surface area (Å²) in [7, 11) is 0. The summed E-state index contributed by atoms with van der Waals surface area (Å²) in [5, 5.41) is 11.6. The molecule has 1 atom stereocenters. The number of thiophene rings is 1. The van der Waals surface area contributed by atoms with Gasteiger partial charge in [-0.05, 0) is 30.7 Å². The number of carbonyl (C=O) groups excluding carboxylic acids is 1. The summed E-state index contributed by atoms with van der Waals surface area (Å²) in [6.45, 7) is 2.71. The van der Waals surface area contributed by atoms with Crippen LogP contribution in [0.1, 0.15) is 52.9 Å². The van der Waals surface area contributed by atoms with Crippen LogP contribution >= 0.6 is 34.5 Å². The summed E-state index contributed by atoms with van der Waals surface area (Å²) >= 11 is 13.8. The first-order valence-electron chi connectivity index (χ1n) is 12.4. The Morgan fingerprint density at radius 3 is 2.72 bits per heavy atom. The van der Waals surface area contributed by atoms with Gasteiger partial charge >= 0.3 is 5.97 Å². The third kappa shape index (κ3) is 5.41. The number of hydrogen-bond donors (Lipinski definition) is 1. The molecule has 4 aromatic rings. The maximum Gasteiger partial charge on any atom is 0.355 e. The lowest BCUT2D eigenvalue weighted by Crippen LogP contribution is -2.21. The van der Waals surface area contributed by atoms with E-state index >= 15 is 0 Å². The molecule has 5 rings (SSSR count). The Kier molecular flexibility index (Phi) is 7.99. The zero-order valence-electron chi connectivity index (χ0n) is 21.0. The number of unbranched alkanes of at least 4 members (excludes halogenated alkanes) is 2. The molecule has 1 unspecified atom stereocenters. The number of nitrogens with zero attached hydrogens (tertiary/aromatic N) is 1. The Bertz CT molecular complexity index is 1640. The molecular weight excluding hydrogens is 555 g/mol. The number of ether oxygens (including phenoxy) is 3. The molecule has 0 saturated heterocycles. The van der Waals surface area contributed by atoms with Crippen LogP contribution in [0.4, 0.5) is 0 Å². The first-order valence-corrected chi connectivity index (χ1v) is 14.0. The molecule has 39 heavy (non-hydrogen) atoms. The molecule has 1 aliphatic heterocycles. The van der Waals surface area contributed by atoms with E-state index in [1.807, 2.05) is 24.3 Å². The summed E-state index contributed by atoms with van der Waals surface area (Å²) in [6.07, 6.45) is 3.09. The highest BCUT2D eigenvalue weighted by molar-refractivity contribution is 7.21. The van der Waals surface area contributed by atoms with Crippen LogP contribution in [-0.4, -0.2) is 12.6 Å². The normalized spacial score (nSPS) is 14.5. The van der Waals surface area contributed by atoms with Crippen molar-refractivity contribution >= 4 is 50.6 Å². The van der Waals surface area contributed by atoms with Gasteiger partial charge in [-0.2, -0.15) is 5.26 Å². The number of para-hydroxylation sites is 1. The van der Waals surface area contributed by atoms with Crippen molar-refractivity contribution in [3.8, 4) is 23.3 Å². The molecule has 2 heterocycles. The van der Waals surface area contributed by atoms with Crippen LogP contribution in [0.3, 0.4) is 0 Å². The molecule has 0 saturated carbocycles. The van der Waals surface area contributed by atoms with Crippen LogP contribution in [0.5, 0.6) is 17.2 Å². The van der Waals surface area contributed by atoms with Gasteiger partial charge in [-0.15, -0.1) is 11.3 Å². The highest BCUT2D eigenvalue weighted by Gasteiger charge is 2.33. The van der Waals surface area contributed by atoms with Gasteiger partial charge in [-0.1, -0.05) is 73.3 Å². The average Bonchev–Trinajstić information content (AvgIpc) is 3.26. The van der Waals surface area contributed by atoms with Gasteiger partial charge in [0.2, 0.25) is 5.88 Å². The summed E-state index contributed by atoms with van der Waals surface area (Å²) in [5.74, 6) is 0.202. The quantitative estimate of drug-likeness (QED) is 0.128. The first kappa shape index (κ1) is 26.9. The molecule has 0 bridgehead atoms. The maximum absolute atomic E-state index is 13.0. The van der Waals surface area contributed by atoms with Gasteiger partial charge in [0.25, 0.3) is 0 Å². The fraction of sp³-hybridized carbons (Fsp3) is 0.200. The number of carbonyl (C=O) groups is 1. The molecule has 3 aromatic carbocycles. The largest absolute Gasteiger partial charge is 0.493 e.